The lowest BCUT2D eigenvalue weighted by molar-refractivity contribution is 0.401. The van der Waals surface area contributed by atoms with E-state index in [-0.39, 0.29) is 0 Å². The molecule has 0 saturated heterocycles. The fraction of sp³-hybridized carbons (Fsp3) is 0.286. The molecule has 0 radical (unpaired) electrons. The van der Waals surface area contributed by atoms with Gasteiger partial charge in [0.05, 0.1) is 13.2 Å². The molecule has 1 aliphatic carbocycles. The molecule has 0 spiro atoms. The number of pyridine rings is 1. The fourth-order valence-corrected chi connectivity index (χ4v) is 2.28. The highest BCUT2D eigenvalue weighted by Crippen LogP contribution is 2.40. The Kier molecular flexibility index (Phi) is 2.81. The molecular weight excluding hydrogens is 284 g/mol. The molecule has 0 aromatic carbocycles. The molecule has 1 fully saturated rings. The highest BCUT2D eigenvalue weighted by molar-refractivity contribution is 5.90. The van der Waals surface area contributed by atoms with E-state index in [0.717, 1.165) is 12.8 Å². The van der Waals surface area contributed by atoms with E-state index in [1.54, 1.807) is 25.4 Å². The summed E-state index contributed by atoms with van der Waals surface area (Å²) >= 11 is 0. The molecule has 0 unspecified atom stereocenters. The Morgan fingerprint density at radius 2 is 2.14 bits per heavy atom. The number of hydrogen-bond donors (Lipinski definition) is 1. The van der Waals surface area contributed by atoms with E-state index in [2.05, 4.69) is 20.1 Å². The van der Waals surface area contributed by atoms with Gasteiger partial charge in [-0.15, -0.1) is 5.10 Å². The third-order valence-corrected chi connectivity index (χ3v) is 3.52. The van der Waals surface area contributed by atoms with Crippen LogP contribution in [0.15, 0.2) is 24.7 Å². The summed E-state index contributed by atoms with van der Waals surface area (Å²) in [7, 11) is 1.59. The molecule has 1 saturated carbocycles. The summed E-state index contributed by atoms with van der Waals surface area (Å²) in [5, 5.41) is 5.10. The summed E-state index contributed by atoms with van der Waals surface area (Å²) in [4.78, 5) is 12.5. The molecule has 0 bridgehead atoms. The van der Waals surface area contributed by atoms with Crippen molar-refractivity contribution in [3.05, 3.63) is 24.7 Å². The second kappa shape index (κ2) is 4.83. The van der Waals surface area contributed by atoms with Gasteiger partial charge in [-0.3, -0.25) is 0 Å². The van der Waals surface area contributed by atoms with E-state index in [0.29, 0.717) is 40.4 Å². The standard InChI is InChI=1S/C14H14N6O2/c1-21-9-4-5-16-10(6-9)22-14-11-12(15)17-7-18-13(11)20(19-14)8-2-3-8/h4-8H,2-3H2,1H3,(H2,15,17,18). The first-order valence-electron chi connectivity index (χ1n) is 6.93. The number of nitrogens with zero attached hydrogens (tertiary/aromatic N) is 5. The van der Waals surface area contributed by atoms with Gasteiger partial charge < -0.3 is 15.2 Å². The maximum absolute atomic E-state index is 5.97. The Labute approximate surface area is 125 Å². The van der Waals surface area contributed by atoms with Gasteiger partial charge in [0.15, 0.2) is 5.65 Å². The fourth-order valence-electron chi connectivity index (χ4n) is 2.28. The Bertz CT molecular complexity index is 842. The van der Waals surface area contributed by atoms with E-state index in [4.69, 9.17) is 15.2 Å². The lowest BCUT2D eigenvalue weighted by Gasteiger charge is -2.04. The zero-order valence-corrected chi connectivity index (χ0v) is 11.9. The highest BCUT2D eigenvalue weighted by Gasteiger charge is 2.29. The second-order valence-electron chi connectivity index (χ2n) is 5.07. The number of methoxy groups -OCH3 is 1. The first-order valence-corrected chi connectivity index (χ1v) is 6.93. The van der Waals surface area contributed by atoms with Crippen molar-refractivity contribution in [3.8, 4) is 17.5 Å². The van der Waals surface area contributed by atoms with Crippen LogP contribution in [0.3, 0.4) is 0 Å². The third-order valence-electron chi connectivity index (χ3n) is 3.52. The van der Waals surface area contributed by atoms with Crippen LogP contribution in [0.5, 0.6) is 17.5 Å². The summed E-state index contributed by atoms with van der Waals surface area (Å²) < 4.78 is 12.8. The lowest BCUT2D eigenvalue weighted by Crippen LogP contribution is -1.98. The third kappa shape index (κ3) is 2.09. The Morgan fingerprint density at radius 3 is 2.91 bits per heavy atom. The molecule has 112 valence electrons. The number of nitrogens with two attached hydrogens (primary N) is 1. The second-order valence-corrected chi connectivity index (χ2v) is 5.07. The quantitative estimate of drug-likeness (QED) is 0.785. The molecule has 2 N–H and O–H groups in total. The van der Waals surface area contributed by atoms with Gasteiger partial charge in [-0.1, -0.05) is 0 Å². The minimum absolute atomic E-state index is 0.342. The molecule has 8 nitrogen and oxygen atoms in total. The first-order chi connectivity index (χ1) is 10.8. The predicted octanol–water partition coefficient (Wildman–Crippen LogP) is 1.94. The van der Waals surface area contributed by atoms with E-state index < -0.39 is 0 Å². The summed E-state index contributed by atoms with van der Waals surface area (Å²) in [5.41, 5.74) is 6.66. The molecule has 22 heavy (non-hydrogen) atoms. The van der Waals surface area contributed by atoms with Gasteiger partial charge in [0.1, 0.15) is 23.3 Å². The van der Waals surface area contributed by atoms with Gasteiger partial charge in [-0.2, -0.15) is 0 Å². The molecule has 3 aromatic rings. The van der Waals surface area contributed by atoms with Crippen molar-refractivity contribution in [2.45, 2.75) is 18.9 Å². The van der Waals surface area contributed by atoms with E-state index in [1.807, 2.05) is 4.68 Å². The summed E-state index contributed by atoms with van der Waals surface area (Å²) in [5.74, 6) is 1.74. The topological polar surface area (TPSA) is 101 Å². The number of anilines is 1. The van der Waals surface area contributed by atoms with Gasteiger partial charge in [0.25, 0.3) is 5.88 Å². The first kappa shape index (κ1) is 12.8. The molecular formula is C14H14N6O2. The van der Waals surface area contributed by atoms with Gasteiger partial charge in [-0.05, 0) is 18.9 Å². The van der Waals surface area contributed by atoms with Crippen molar-refractivity contribution in [3.63, 3.8) is 0 Å². The number of fused-ring (bicyclic) bond motifs is 1. The van der Waals surface area contributed by atoms with Crippen molar-refractivity contribution < 1.29 is 9.47 Å². The molecule has 1 aliphatic rings. The van der Waals surface area contributed by atoms with Crippen LogP contribution in [0.2, 0.25) is 0 Å². The van der Waals surface area contributed by atoms with Crippen LogP contribution < -0.4 is 15.2 Å². The summed E-state index contributed by atoms with van der Waals surface area (Å²) in [6.07, 6.45) is 5.20. The number of rotatable bonds is 4. The van der Waals surface area contributed by atoms with Crippen LogP contribution in [0, 0.1) is 0 Å². The van der Waals surface area contributed by atoms with Crippen LogP contribution in [0.25, 0.3) is 11.0 Å². The normalized spacial score (nSPS) is 14.2. The van der Waals surface area contributed by atoms with Crippen LogP contribution in [0.4, 0.5) is 5.82 Å². The Morgan fingerprint density at radius 1 is 1.27 bits per heavy atom. The van der Waals surface area contributed by atoms with E-state index >= 15 is 0 Å². The van der Waals surface area contributed by atoms with Crippen LogP contribution in [0.1, 0.15) is 18.9 Å². The highest BCUT2D eigenvalue weighted by atomic mass is 16.5. The van der Waals surface area contributed by atoms with Gasteiger partial charge in [0.2, 0.25) is 5.88 Å². The number of ether oxygens (including phenoxy) is 2. The smallest absolute Gasteiger partial charge is 0.253 e. The SMILES string of the molecule is COc1ccnc(Oc2nn(C3CC3)c3ncnc(N)c23)c1. The Balaban J connectivity index is 1.80. The molecule has 3 aromatic heterocycles. The van der Waals surface area contributed by atoms with E-state index in [1.165, 1.54) is 6.33 Å². The van der Waals surface area contributed by atoms with Crippen LogP contribution >= 0.6 is 0 Å². The maximum Gasteiger partial charge on any atom is 0.253 e. The maximum atomic E-state index is 5.97. The van der Waals surface area contributed by atoms with Crippen molar-refractivity contribution in [1.82, 2.24) is 24.7 Å². The van der Waals surface area contributed by atoms with Gasteiger partial charge in [-0.25, -0.2) is 19.6 Å². The largest absolute Gasteiger partial charge is 0.497 e. The molecule has 8 heteroatoms. The summed E-state index contributed by atoms with van der Waals surface area (Å²) in [6.45, 7) is 0. The van der Waals surface area contributed by atoms with Crippen LogP contribution in [-0.2, 0) is 0 Å². The van der Waals surface area contributed by atoms with Crippen LogP contribution in [-0.4, -0.2) is 31.8 Å². The van der Waals surface area contributed by atoms with E-state index in [9.17, 15) is 0 Å². The van der Waals surface area contributed by atoms with Gasteiger partial charge in [0, 0.05) is 12.3 Å². The minimum atomic E-state index is 0.342. The number of hydrogen-bond acceptors (Lipinski definition) is 7. The minimum Gasteiger partial charge on any atom is -0.497 e. The van der Waals surface area contributed by atoms with Crippen molar-refractivity contribution in [1.29, 1.82) is 0 Å². The predicted molar refractivity (Wildman–Crippen MR) is 78.9 cm³/mol. The Hall–Kier alpha value is -2.90. The molecule has 3 heterocycles. The molecule has 0 aliphatic heterocycles. The monoisotopic (exact) mass is 298 g/mol. The van der Waals surface area contributed by atoms with Gasteiger partial charge >= 0.3 is 0 Å². The molecule has 0 amide bonds. The van der Waals surface area contributed by atoms with Crippen molar-refractivity contribution >= 4 is 16.9 Å². The number of aromatic nitrogens is 5. The molecule has 0 atom stereocenters. The zero-order valence-electron chi connectivity index (χ0n) is 11.9. The lowest BCUT2D eigenvalue weighted by atomic mass is 10.4. The average molecular weight is 298 g/mol. The number of nitrogen functional groups attached to an aromatic ring is 1. The van der Waals surface area contributed by atoms with Crippen molar-refractivity contribution in [2.75, 3.05) is 12.8 Å². The molecule has 4 rings (SSSR count). The summed E-state index contributed by atoms with van der Waals surface area (Å²) in [6, 6.07) is 3.78. The average Bonchev–Trinajstić information content (AvgIpc) is 3.31. The zero-order chi connectivity index (χ0) is 15.1. The van der Waals surface area contributed by atoms with Crippen molar-refractivity contribution in [2.24, 2.45) is 0 Å².